The normalized spacial score (nSPS) is 11.4. The first-order valence-electron chi connectivity index (χ1n) is 8.90. The van der Waals surface area contributed by atoms with Gasteiger partial charge in [0.25, 0.3) is 5.91 Å². The lowest BCUT2D eigenvalue weighted by molar-refractivity contribution is 0.0996. The molecule has 138 valence electrons. The molecule has 0 fully saturated rings. The molecule has 0 aliphatic heterocycles. The monoisotopic (exact) mass is 363 g/mol. The number of aromatic nitrogens is 4. The van der Waals surface area contributed by atoms with E-state index >= 15 is 0 Å². The molecule has 0 bridgehead atoms. The number of amides is 1. The third-order valence-corrected chi connectivity index (χ3v) is 4.26. The van der Waals surface area contributed by atoms with Crippen molar-refractivity contribution in [3.63, 3.8) is 0 Å². The van der Waals surface area contributed by atoms with Gasteiger partial charge in [-0.3, -0.25) is 4.79 Å². The molecule has 0 aliphatic carbocycles. The van der Waals surface area contributed by atoms with Crippen LogP contribution in [-0.4, -0.2) is 25.0 Å². The van der Waals surface area contributed by atoms with Crippen molar-refractivity contribution in [3.05, 3.63) is 66.9 Å². The molecule has 0 spiro atoms. The zero-order valence-electron chi connectivity index (χ0n) is 15.3. The van der Waals surface area contributed by atoms with Crippen LogP contribution in [0.3, 0.4) is 0 Å². The number of imidazole rings is 2. The topological polar surface area (TPSA) is 77.9 Å². The summed E-state index contributed by atoms with van der Waals surface area (Å²) in [6, 6.07) is 9.11. The molecule has 0 saturated carbocycles. The Balaban J connectivity index is 1.67. The molecule has 4 aromatic rings. The lowest BCUT2D eigenvalue weighted by Gasteiger charge is -2.12. The molecule has 1 amide bonds. The van der Waals surface area contributed by atoms with E-state index in [9.17, 15) is 4.79 Å². The van der Waals surface area contributed by atoms with Crippen LogP contribution in [-0.2, 0) is 13.1 Å². The lowest BCUT2D eigenvalue weighted by Crippen LogP contribution is -2.11. The fraction of sp³-hybridized carbons (Fsp3) is 0.250. The summed E-state index contributed by atoms with van der Waals surface area (Å²) < 4.78 is 9.37. The molecule has 7 nitrogen and oxygen atoms in total. The van der Waals surface area contributed by atoms with Crippen molar-refractivity contribution in [3.8, 4) is 0 Å². The highest BCUT2D eigenvalue weighted by Gasteiger charge is 2.14. The van der Waals surface area contributed by atoms with Crippen LogP contribution in [0.2, 0.25) is 0 Å². The van der Waals surface area contributed by atoms with Crippen LogP contribution in [0.25, 0.3) is 11.0 Å². The molecule has 4 rings (SSSR count). The number of rotatable bonds is 6. The van der Waals surface area contributed by atoms with Gasteiger partial charge < -0.3 is 18.9 Å². The molecule has 3 aromatic heterocycles. The van der Waals surface area contributed by atoms with E-state index in [1.165, 1.54) is 6.26 Å². The minimum absolute atomic E-state index is 0.278. The summed E-state index contributed by atoms with van der Waals surface area (Å²) in [5.41, 5.74) is 2.59. The van der Waals surface area contributed by atoms with Crippen LogP contribution in [0.1, 0.15) is 30.2 Å². The maximum absolute atomic E-state index is 12.2. The third-order valence-electron chi connectivity index (χ3n) is 4.26. The molecule has 1 N–H and O–H groups in total. The fourth-order valence-corrected chi connectivity index (χ4v) is 3.09. The molecule has 7 heteroatoms. The van der Waals surface area contributed by atoms with Gasteiger partial charge in [-0.1, -0.05) is 13.8 Å². The van der Waals surface area contributed by atoms with Gasteiger partial charge in [0, 0.05) is 24.6 Å². The predicted molar refractivity (Wildman–Crippen MR) is 103 cm³/mol. The first-order valence-corrected chi connectivity index (χ1v) is 8.90. The number of hydrogen-bond donors (Lipinski definition) is 1. The SMILES string of the molecule is CC(C)Cn1c(Cn2ccnc2)nc2cc(NC(=O)c3ccco3)ccc21. The van der Waals surface area contributed by atoms with Gasteiger partial charge in [-0.15, -0.1) is 0 Å². The van der Waals surface area contributed by atoms with E-state index in [2.05, 4.69) is 28.7 Å². The zero-order valence-corrected chi connectivity index (χ0v) is 15.3. The molecule has 0 saturated heterocycles. The van der Waals surface area contributed by atoms with Gasteiger partial charge in [0.05, 0.1) is 30.2 Å². The van der Waals surface area contributed by atoms with E-state index < -0.39 is 0 Å². The standard InChI is InChI=1S/C20H21N5O2/c1-14(2)11-25-17-6-5-15(22-20(26)18-4-3-9-27-18)10-16(17)23-19(25)12-24-8-7-21-13-24/h3-10,13-14H,11-12H2,1-2H3,(H,22,26). The van der Waals surface area contributed by atoms with Crippen molar-refractivity contribution in [2.75, 3.05) is 5.32 Å². The van der Waals surface area contributed by atoms with Gasteiger partial charge in [-0.05, 0) is 36.2 Å². The minimum Gasteiger partial charge on any atom is -0.459 e. The van der Waals surface area contributed by atoms with Crippen LogP contribution in [0.5, 0.6) is 0 Å². The first kappa shape index (κ1) is 17.1. The summed E-state index contributed by atoms with van der Waals surface area (Å²) in [6.45, 7) is 5.89. The summed E-state index contributed by atoms with van der Waals surface area (Å²) in [7, 11) is 0. The zero-order chi connectivity index (χ0) is 18.8. The number of carbonyl (C=O) groups excluding carboxylic acids is 1. The summed E-state index contributed by atoms with van der Waals surface area (Å²) >= 11 is 0. The van der Waals surface area contributed by atoms with Gasteiger partial charge in [-0.2, -0.15) is 0 Å². The van der Waals surface area contributed by atoms with Gasteiger partial charge in [-0.25, -0.2) is 9.97 Å². The van der Waals surface area contributed by atoms with Gasteiger partial charge >= 0.3 is 0 Å². The van der Waals surface area contributed by atoms with Crippen LogP contribution in [0, 0.1) is 5.92 Å². The van der Waals surface area contributed by atoms with Crippen molar-refractivity contribution in [2.24, 2.45) is 5.92 Å². The van der Waals surface area contributed by atoms with E-state index in [4.69, 9.17) is 9.40 Å². The Kier molecular flexibility index (Phi) is 4.50. The number of hydrogen-bond acceptors (Lipinski definition) is 4. The molecular weight excluding hydrogens is 342 g/mol. The molecule has 0 radical (unpaired) electrons. The lowest BCUT2D eigenvalue weighted by atomic mass is 10.2. The average Bonchev–Trinajstić information content (AvgIpc) is 3.37. The number of carbonyl (C=O) groups is 1. The third kappa shape index (κ3) is 3.62. The van der Waals surface area contributed by atoms with Gasteiger partial charge in [0.2, 0.25) is 0 Å². The Hall–Kier alpha value is -3.35. The summed E-state index contributed by atoms with van der Waals surface area (Å²) in [6.07, 6.45) is 6.95. The molecule has 3 heterocycles. The minimum atomic E-state index is -0.278. The Morgan fingerprint density at radius 2 is 2.19 bits per heavy atom. The maximum Gasteiger partial charge on any atom is 0.291 e. The Bertz CT molecular complexity index is 1050. The number of nitrogens with zero attached hydrogens (tertiary/aromatic N) is 4. The molecule has 27 heavy (non-hydrogen) atoms. The van der Waals surface area contributed by atoms with E-state index in [-0.39, 0.29) is 11.7 Å². The van der Waals surface area contributed by atoms with Crippen LogP contribution >= 0.6 is 0 Å². The smallest absolute Gasteiger partial charge is 0.291 e. The van der Waals surface area contributed by atoms with Crippen molar-refractivity contribution in [1.29, 1.82) is 0 Å². The second kappa shape index (κ2) is 7.11. The van der Waals surface area contributed by atoms with Gasteiger partial charge in [0.15, 0.2) is 5.76 Å². The average molecular weight is 363 g/mol. The number of furan rings is 1. The molecule has 0 aliphatic rings. The van der Waals surface area contributed by atoms with Crippen LogP contribution in [0.15, 0.2) is 59.7 Å². The number of anilines is 1. The summed E-state index contributed by atoms with van der Waals surface area (Å²) in [4.78, 5) is 21.1. The molecule has 0 atom stereocenters. The summed E-state index contributed by atoms with van der Waals surface area (Å²) in [5, 5.41) is 2.85. The molecule has 1 aromatic carbocycles. The van der Waals surface area contributed by atoms with Crippen molar-refractivity contribution in [1.82, 2.24) is 19.1 Å². The van der Waals surface area contributed by atoms with E-state index in [1.807, 2.05) is 29.0 Å². The molecular formula is C20H21N5O2. The second-order valence-corrected chi connectivity index (χ2v) is 6.90. The quantitative estimate of drug-likeness (QED) is 0.565. The van der Waals surface area contributed by atoms with Gasteiger partial charge in [0.1, 0.15) is 5.82 Å². The van der Waals surface area contributed by atoms with Crippen molar-refractivity contribution < 1.29 is 9.21 Å². The van der Waals surface area contributed by atoms with E-state index in [0.29, 0.717) is 18.2 Å². The Morgan fingerprint density at radius 3 is 2.89 bits per heavy atom. The van der Waals surface area contributed by atoms with E-state index in [1.54, 1.807) is 24.7 Å². The van der Waals surface area contributed by atoms with Crippen molar-refractivity contribution in [2.45, 2.75) is 26.9 Å². The predicted octanol–water partition coefficient (Wildman–Crippen LogP) is 3.78. The van der Waals surface area contributed by atoms with Crippen molar-refractivity contribution >= 4 is 22.6 Å². The maximum atomic E-state index is 12.2. The first-order chi connectivity index (χ1) is 13.1. The Morgan fingerprint density at radius 1 is 1.30 bits per heavy atom. The Labute approximate surface area is 156 Å². The van der Waals surface area contributed by atoms with Crippen LogP contribution < -0.4 is 5.32 Å². The number of benzene rings is 1. The highest BCUT2D eigenvalue weighted by atomic mass is 16.3. The highest BCUT2D eigenvalue weighted by Crippen LogP contribution is 2.23. The van der Waals surface area contributed by atoms with Crippen LogP contribution in [0.4, 0.5) is 5.69 Å². The fourth-order valence-electron chi connectivity index (χ4n) is 3.09. The second-order valence-electron chi connectivity index (χ2n) is 6.90. The highest BCUT2D eigenvalue weighted by molar-refractivity contribution is 6.03. The van der Waals surface area contributed by atoms with E-state index in [0.717, 1.165) is 23.4 Å². The number of fused-ring (bicyclic) bond motifs is 1. The summed E-state index contributed by atoms with van der Waals surface area (Å²) in [5.74, 6) is 1.45. The largest absolute Gasteiger partial charge is 0.459 e. The molecule has 0 unspecified atom stereocenters. The number of nitrogens with one attached hydrogen (secondary N) is 1.